The Morgan fingerprint density at radius 3 is 2.07 bits per heavy atom. The number of nitrogens with one attached hydrogen (secondary N) is 2. The summed E-state index contributed by atoms with van der Waals surface area (Å²) in [5.74, 6) is 0. The van der Waals surface area contributed by atoms with Gasteiger partial charge in [-0.2, -0.15) is 0 Å². The van der Waals surface area contributed by atoms with Gasteiger partial charge < -0.3 is 16.4 Å². The predicted octanol–water partition coefficient (Wildman–Crippen LogP) is 0.840. The molecule has 0 aliphatic rings. The zero-order chi connectivity index (χ0) is 11.7. The van der Waals surface area contributed by atoms with Crippen LogP contribution < -0.4 is 16.4 Å². The number of aliphatic imine (C=N–C) groups is 1. The lowest BCUT2D eigenvalue weighted by atomic mass is 10.7. The summed E-state index contributed by atoms with van der Waals surface area (Å²) in [5.41, 5.74) is 4.50. The highest BCUT2D eigenvalue weighted by Gasteiger charge is 1.61. The number of nitrogens with two attached hydrogens (primary N) is 1. The normalized spacial score (nSPS) is 6.73. The maximum absolute atomic E-state index is 9.11. The van der Waals surface area contributed by atoms with E-state index >= 15 is 0 Å². The van der Waals surface area contributed by atoms with Gasteiger partial charge in [0.05, 0.1) is 0 Å². The van der Waals surface area contributed by atoms with Crippen molar-refractivity contribution in [3.05, 3.63) is 12.4 Å². The van der Waals surface area contributed by atoms with Gasteiger partial charge in [-0.05, 0) is 20.9 Å². The first kappa shape index (κ1) is 23.5. The Hall–Kier alpha value is -1.32. The number of carbonyl (C=O) groups excluding carboxylic acids is 1. The Balaban J connectivity index is -0.0000000675. The van der Waals surface area contributed by atoms with Gasteiger partial charge in [0.25, 0.3) is 0 Å². The standard InChI is InChI=1S/C5H12N2.C3H5NO.CH5N.CH4/c1-3-7-5-4-6-2;1-2-4-3-5;1-2;/h4-7H,3H2,1-2H3;2H2,1H3;2H2,1H3;1H4. The Kier molecular flexibility index (Phi) is 60.7. The largest absolute Gasteiger partial charge is 0.393 e. The fraction of sp³-hybridized carbons (Fsp3) is 0.700. The molecule has 0 radical (unpaired) electrons. The van der Waals surface area contributed by atoms with E-state index in [2.05, 4.69) is 28.3 Å². The summed E-state index contributed by atoms with van der Waals surface area (Å²) in [4.78, 5) is 12.3. The lowest BCUT2D eigenvalue weighted by molar-refractivity contribution is 0.563. The SMILES string of the molecule is C.CCN=C=O.CCNC=CNC.CN. The molecule has 0 heterocycles. The van der Waals surface area contributed by atoms with Gasteiger partial charge in [0.15, 0.2) is 0 Å². The van der Waals surface area contributed by atoms with Gasteiger partial charge in [-0.15, -0.1) is 0 Å². The van der Waals surface area contributed by atoms with Crippen molar-refractivity contribution in [3.8, 4) is 0 Å². The van der Waals surface area contributed by atoms with E-state index in [1.54, 1.807) is 6.92 Å². The topological polar surface area (TPSA) is 79.5 Å². The molecule has 0 saturated heterocycles. The minimum atomic E-state index is 0. The highest BCUT2D eigenvalue weighted by atomic mass is 16.1. The Labute approximate surface area is 93.8 Å². The highest BCUT2D eigenvalue weighted by molar-refractivity contribution is 5.32. The van der Waals surface area contributed by atoms with E-state index in [-0.39, 0.29) is 7.43 Å². The van der Waals surface area contributed by atoms with E-state index in [0.717, 1.165) is 6.54 Å². The molecule has 0 fully saturated rings. The van der Waals surface area contributed by atoms with Crippen LogP contribution in [0.1, 0.15) is 21.3 Å². The maximum Gasteiger partial charge on any atom is 0.234 e. The van der Waals surface area contributed by atoms with Gasteiger partial charge in [0.2, 0.25) is 6.08 Å². The van der Waals surface area contributed by atoms with Crippen molar-refractivity contribution in [1.82, 2.24) is 10.6 Å². The van der Waals surface area contributed by atoms with Gasteiger partial charge in [0.1, 0.15) is 0 Å². The summed E-state index contributed by atoms with van der Waals surface area (Å²) in [5, 5.41) is 5.87. The second-order valence-electron chi connectivity index (χ2n) is 1.75. The molecule has 0 spiro atoms. The molecule has 92 valence electrons. The summed E-state index contributed by atoms with van der Waals surface area (Å²) < 4.78 is 0. The number of hydrogen-bond donors (Lipinski definition) is 3. The van der Waals surface area contributed by atoms with E-state index in [0.29, 0.717) is 6.54 Å². The summed E-state index contributed by atoms with van der Waals surface area (Å²) in [7, 11) is 3.37. The Bertz CT molecular complexity index is 142. The second kappa shape index (κ2) is 38.8. The van der Waals surface area contributed by atoms with Crippen LogP contribution in [0.5, 0.6) is 0 Å². The van der Waals surface area contributed by atoms with Crippen molar-refractivity contribution in [2.75, 3.05) is 27.2 Å². The molecule has 0 unspecified atom stereocenters. The van der Waals surface area contributed by atoms with E-state index in [1.807, 2.05) is 19.4 Å². The first-order valence-electron chi connectivity index (χ1n) is 4.50. The Morgan fingerprint density at radius 1 is 1.33 bits per heavy atom. The molecular formula is C10H26N4O. The first-order valence-corrected chi connectivity index (χ1v) is 4.50. The molecule has 0 aliphatic carbocycles. The van der Waals surface area contributed by atoms with Crippen LogP contribution in [0.2, 0.25) is 0 Å². The minimum Gasteiger partial charge on any atom is -0.393 e. The van der Waals surface area contributed by atoms with E-state index < -0.39 is 0 Å². The number of nitrogens with zero attached hydrogens (tertiary/aromatic N) is 1. The smallest absolute Gasteiger partial charge is 0.234 e. The Morgan fingerprint density at radius 2 is 1.87 bits per heavy atom. The molecule has 0 saturated carbocycles. The monoisotopic (exact) mass is 218 g/mol. The van der Waals surface area contributed by atoms with Crippen molar-refractivity contribution >= 4 is 6.08 Å². The van der Waals surface area contributed by atoms with Crippen molar-refractivity contribution in [2.45, 2.75) is 21.3 Å². The third-order valence-electron chi connectivity index (χ3n) is 0.795. The van der Waals surface area contributed by atoms with Crippen LogP contribution in [-0.4, -0.2) is 33.3 Å². The predicted molar refractivity (Wildman–Crippen MR) is 67.4 cm³/mol. The lowest BCUT2D eigenvalue weighted by Gasteiger charge is -1.89. The molecular weight excluding hydrogens is 192 g/mol. The molecule has 0 rings (SSSR count). The summed E-state index contributed by atoms with van der Waals surface area (Å²) in [6.07, 6.45) is 5.12. The molecule has 4 N–H and O–H groups in total. The number of hydrogen-bond acceptors (Lipinski definition) is 5. The fourth-order valence-corrected chi connectivity index (χ4v) is 0.325. The molecule has 0 aromatic carbocycles. The quantitative estimate of drug-likeness (QED) is 0.482. The van der Waals surface area contributed by atoms with E-state index in [1.165, 1.54) is 13.1 Å². The third-order valence-corrected chi connectivity index (χ3v) is 0.795. The maximum atomic E-state index is 9.11. The fourth-order valence-electron chi connectivity index (χ4n) is 0.325. The molecule has 5 heteroatoms. The molecule has 0 aliphatic heterocycles. The van der Waals surface area contributed by atoms with E-state index in [4.69, 9.17) is 4.79 Å². The van der Waals surface area contributed by atoms with Crippen LogP contribution in [0.4, 0.5) is 0 Å². The first-order chi connectivity index (χ1) is 6.83. The van der Waals surface area contributed by atoms with Crippen LogP contribution >= 0.6 is 0 Å². The van der Waals surface area contributed by atoms with Gasteiger partial charge >= 0.3 is 0 Å². The highest BCUT2D eigenvalue weighted by Crippen LogP contribution is 1.55. The number of rotatable bonds is 4. The summed E-state index contributed by atoms with van der Waals surface area (Å²) in [6.45, 7) is 5.37. The molecule has 5 nitrogen and oxygen atoms in total. The second-order valence-corrected chi connectivity index (χ2v) is 1.75. The summed E-state index contributed by atoms with van der Waals surface area (Å²) >= 11 is 0. The van der Waals surface area contributed by atoms with Crippen molar-refractivity contribution in [1.29, 1.82) is 0 Å². The van der Waals surface area contributed by atoms with Crippen LogP contribution in [0.3, 0.4) is 0 Å². The average Bonchev–Trinajstić information content (AvgIpc) is 2.24. The van der Waals surface area contributed by atoms with Gasteiger partial charge in [-0.25, -0.2) is 9.79 Å². The zero-order valence-electron chi connectivity index (χ0n) is 9.50. The van der Waals surface area contributed by atoms with Crippen LogP contribution in [0.25, 0.3) is 0 Å². The lowest BCUT2D eigenvalue weighted by Crippen LogP contribution is -2.04. The minimum absolute atomic E-state index is 0. The number of isocyanates is 1. The average molecular weight is 218 g/mol. The van der Waals surface area contributed by atoms with Gasteiger partial charge in [-0.1, -0.05) is 7.43 Å². The molecule has 0 aromatic heterocycles. The van der Waals surface area contributed by atoms with Gasteiger partial charge in [-0.3, -0.25) is 0 Å². The molecule has 15 heavy (non-hydrogen) atoms. The zero-order valence-corrected chi connectivity index (χ0v) is 9.50. The van der Waals surface area contributed by atoms with E-state index in [9.17, 15) is 0 Å². The van der Waals surface area contributed by atoms with Gasteiger partial charge in [0, 0.05) is 32.5 Å². The third kappa shape index (κ3) is 66.0. The molecule has 0 bridgehead atoms. The van der Waals surface area contributed by atoms with Crippen molar-refractivity contribution < 1.29 is 4.79 Å². The molecule has 0 amide bonds. The molecule has 0 atom stereocenters. The van der Waals surface area contributed by atoms with Crippen LogP contribution in [0, 0.1) is 0 Å². The van der Waals surface area contributed by atoms with Crippen LogP contribution in [-0.2, 0) is 4.79 Å². The van der Waals surface area contributed by atoms with Crippen LogP contribution in [0.15, 0.2) is 17.4 Å². The van der Waals surface area contributed by atoms with Crippen molar-refractivity contribution in [2.24, 2.45) is 10.7 Å². The van der Waals surface area contributed by atoms with Crippen molar-refractivity contribution in [3.63, 3.8) is 0 Å². The molecule has 0 aromatic rings. The summed E-state index contributed by atoms with van der Waals surface area (Å²) in [6, 6.07) is 0.